The zero-order chi connectivity index (χ0) is 9.52. The molecular weight excluding hydrogens is 162 g/mol. The third-order valence-corrected chi connectivity index (χ3v) is 2.68. The van der Waals surface area contributed by atoms with Crippen LogP contribution in [0.5, 0.6) is 0 Å². The Morgan fingerprint density at radius 2 is 1.85 bits per heavy atom. The highest BCUT2D eigenvalue weighted by atomic mass is 16.2. The summed E-state index contributed by atoms with van der Waals surface area (Å²) in [6, 6.07) is 0. The van der Waals surface area contributed by atoms with Crippen molar-refractivity contribution in [2.75, 3.05) is 19.7 Å². The predicted octanol–water partition coefficient (Wildman–Crippen LogP) is 2.15. The van der Waals surface area contributed by atoms with Gasteiger partial charge in [0.1, 0.15) is 0 Å². The zero-order valence-corrected chi connectivity index (χ0v) is 8.47. The van der Waals surface area contributed by atoms with Crippen LogP contribution in [0.25, 0.3) is 0 Å². The van der Waals surface area contributed by atoms with Crippen molar-refractivity contribution in [2.45, 2.75) is 38.5 Å². The van der Waals surface area contributed by atoms with Gasteiger partial charge in [0.15, 0.2) is 0 Å². The monoisotopic (exact) mass is 183 g/mol. The van der Waals surface area contributed by atoms with Gasteiger partial charge in [-0.15, -0.1) is 0 Å². The summed E-state index contributed by atoms with van der Waals surface area (Å²) in [6.07, 6.45) is 7.01. The van der Waals surface area contributed by atoms with Gasteiger partial charge in [0, 0.05) is 25.4 Å². The molecule has 76 valence electrons. The van der Waals surface area contributed by atoms with Crippen molar-refractivity contribution >= 4 is 0 Å². The van der Waals surface area contributed by atoms with Crippen LogP contribution in [0.2, 0.25) is 0 Å². The molecule has 0 atom stereocenters. The second-order valence-electron chi connectivity index (χ2n) is 3.79. The Labute approximate surface area is 81.2 Å². The second kappa shape index (κ2) is 6.03. The molecule has 2 heteroatoms. The molecule has 0 bridgehead atoms. The van der Waals surface area contributed by atoms with E-state index in [0.29, 0.717) is 6.61 Å². The Morgan fingerprint density at radius 3 is 2.46 bits per heavy atom. The summed E-state index contributed by atoms with van der Waals surface area (Å²) in [6.45, 7) is 6.84. The summed E-state index contributed by atoms with van der Waals surface area (Å²) in [5.74, 6) is 0. The van der Waals surface area contributed by atoms with Gasteiger partial charge < -0.3 is 10.0 Å². The molecule has 13 heavy (non-hydrogen) atoms. The molecule has 1 heterocycles. The topological polar surface area (TPSA) is 23.5 Å². The quantitative estimate of drug-likeness (QED) is 0.638. The van der Waals surface area contributed by atoms with Crippen molar-refractivity contribution < 1.29 is 5.11 Å². The Bertz CT molecular complexity index is 150. The van der Waals surface area contributed by atoms with Gasteiger partial charge in [0.2, 0.25) is 0 Å². The fraction of sp³-hybridized carbons (Fsp3) is 0.818. The minimum absolute atomic E-state index is 0.330. The molecule has 2 nitrogen and oxygen atoms in total. The van der Waals surface area contributed by atoms with Crippen LogP contribution in [-0.2, 0) is 0 Å². The first-order valence-electron chi connectivity index (χ1n) is 5.38. The lowest BCUT2D eigenvalue weighted by atomic mass is 10.1. The van der Waals surface area contributed by atoms with Crippen molar-refractivity contribution in [3.8, 4) is 0 Å². The number of nitrogens with zero attached hydrogens (tertiary/aromatic N) is 1. The van der Waals surface area contributed by atoms with E-state index in [9.17, 15) is 0 Å². The van der Waals surface area contributed by atoms with Gasteiger partial charge in [-0.3, -0.25) is 0 Å². The number of unbranched alkanes of at least 4 members (excludes halogenated alkanes) is 2. The maximum Gasteiger partial charge on any atom is 0.0431 e. The minimum atomic E-state index is 0.330. The van der Waals surface area contributed by atoms with Gasteiger partial charge in [-0.2, -0.15) is 0 Å². The second-order valence-corrected chi connectivity index (χ2v) is 3.79. The molecular formula is C11H21NO. The summed E-state index contributed by atoms with van der Waals surface area (Å²) >= 11 is 0. The van der Waals surface area contributed by atoms with Crippen molar-refractivity contribution in [3.05, 3.63) is 12.3 Å². The third kappa shape index (κ3) is 3.81. The van der Waals surface area contributed by atoms with Crippen LogP contribution in [0.15, 0.2) is 12.3 Å². The van der Waals surface area contributed by atoms with E-state index in [2.05, 4.69) is 11.5 Å². The van der Waals surface area contributed by atoms with E-state index in [-0.39, 0.29) is 0 Å². The summed E-state index contributed by atoms with van der Waals surface area (Å²) in [5, 5.41) is 8.61. The molecule has 0 saturated carbocycles. The lowest BCUT2D eigenvalue weighted by Crippen LogP contribution is -2.17. The fourth-order valence-corrected chi connectivity index (χ4v) is 1.81. The molecule has 0 aromatic carbocycles. The van der Waals surface area contributed by atoms with Crippen LogP contribution in [0, 0.1) is 0 Å². The highest BCUT2D eigenvalue weighted by molar-refractivity contribution is 4.95. The van der Waals surface area contributed by atoms with Gasteiger partial charge in [-0.1, -0.05) is 13.0 Å². The van der Waals surface area contributed by atoms with Crippen molar-refractivity contribution in [1.29, 1.82) is 0 Å². The standard InChI is InChI=1S/C11H21NO/c1-11(7-3-2-6-10-13)12-8-4-5-9-12/h13H,1-10H2. The maximum atomic E-state index is 8.61. The molecule has 1 fully saturated rings. The lowest BCUT2D eigenvalue weighted by Gasteiger charge is -2.20. The zero-order valence-electron chi connectivity index (χ0n) is 8.47. The van der Waals surface area contributed by atoms with Crippen molar-refractivity contribution in [2.24, 2.45) is 0 Å². The van der Waals surface area contributed by atoms with Crippen LogP contribution in [-0.4, -0.2) is 29.7 Å². The molecule has 0 radical (unpaired) electrons. The summed E-state index contributed by atoms with van der Waals surface area (Å²) < 4.78 is 0. The average Bonchev–Trinajstić information content (AvgIpc) is 2.65. The molecule has 1 N–H and O–H groups in total. The van der Waals surface area contributed by atoms with E-state index >= 15 is 0 Å². The Balaban J connectivity index is 2.03. The Hall–Kier alpha value is -0.500. The highest BCUT2D eigenvalue weighted by Gasteiger charge is 2.12. The summed E-state index contributed by atoms with van der Waals surface area (Å²) in [7, 11) is 0. The van der Waals surface area contributed by atoms with Crippen LogP contribution < -0.4 is 0 Å². The van der Waals surface area contributed by atoms with E-state index in [0.717, 1.165) is 19.3 Å². The first-order valence-corrected chi connectivity index (χ1v) is 5.38. The van der Waals surface area contributed by atoms with E-state index in [4.69, 9.17) is 5.11 Å². The molecule has 0 unspecified atom stereocenters. The van der Waals surface area contributed by atoms with Crippen LogP contribution in [0.3, 0.4) is 0 Å². The highest BCUT2D eigenvalue weighted by Crippen LogP contribution is 2.17. The van der Waals surface area contributed by atoms with Gasteiger partial charge in [0.05, 0.1) is 0 Å². The molecule has 0 aromatic rings. The maximum absolute atomic E-state index is 8.61. The fourth-order valence-electron chi connectivity index (χ4n) is 1.81. The van der Waals surface area contributed by atoms with Crippen LogP contribution in [0.4, 0.5) is 0 Å². The third-order valence-electron chi connectivity index (χ3n) is 2.68. The smallest absolute Gasteiger partial charge is 0.0431 e. The van der Waals surface area contributed by atoms with Gasteiger partial charge in [0.25, 0.3) is 0 Å². The molecule has 0 amide bonds. The molecule has 0 spiro atoms. The largest absolute Gasteiger partial charge is 0.396 e. The van der Waals surface area contributed by atoms with Gasteiger partial charge >= 0.3 is 0 Å². The predicted molar refractivity (Wildman–Crippen MR) is 55.5 cm³/mol. The number of aliphatic hydroxyl groups is 1. The van der Waals surface area contributed by atoms with Gasteiger partial charge in [-0.25, -0.2) is 0 Å². The number of hydrogen-bond donors (Lipinski definition) is 1. The number of hydrogen-bond acceptors (Lipinski definition) is 2. The number of likely N-dealkylation sites (tertiary alicyclic amines) is 1. The van der Waals surface area contributed by atoms with E-state index in [1.807, 2.05) is 0 Å². The molecule has 1 aliphatic rings. The Morgan fingerprint density at radius 1 is 1.15 bits per heavy atom. The van der Waals surface area contributed by atoms with E-state index in [1.165, 1.54) is 38.0 Å². The molecule has 1 saturated heterocycles. The minimum Gasteiger partial charge on any atom is -0.396 e. The van der Waals surface area contributed by atoms with Crippen molar-refractivity contribution in [1.82, 2.24) is 4.90 Å². The molecule has 1 rings (SSSR count). The molecule has 0 aromatic heterocycles. The molecule has 1 aliphatic heterocycles. The van der Waals surface area contributed by atoms with E-state index in [1.54, 1.807) is 0 Å². The first kappa shape index (κ1) is 10.6. The SMILES string of the molecule is C=C(CCCCCO)N1CCCC1. The van der Waals surface area contributed by atoms with Crippen LogP contribution in [0.1, 0.15) is 38.5 Å². The first-order chi connectivity index (χ1) is 6.34. The average molecular weight is 183 g/mol. The summed E-state index contributed by atoms with van der Waals surface area (Å²) in [5.41, 5.74) is 1.30. The number of aliphatic hydroxyl groups excluding tert-OH is 1. The Kier molecular flexibility index (Phi) is 4.91. The summed E-state index contributed by atoms with van der Waals surface area (Å²) in [4.78, 5) is 2.40. The number of allylic oxidation sites excluding steroid dienone is 1. The normalized spacial score (nSPS) is 16.5. The molecule has 0 aliphatic carbocycles. The van der Waals surface area contributed by atoms with E-state index < -0.39 is 0 Å². The lowest BCUT2D eigenvalue weighted by molar-refractivity contribution is 0.282. The van der Waals surface area contributed by atoms with Crippen molar-refractivity contribution in [3.63, 3.8) is 0 Å². The number of rotatable bonds is 6. The van der Waals surface area contributed by atoms with Gasteiger partial charge in [-0.05, 0) is 32.1 Å². The van der Waals surface area contributed by atoms with Crippen LogP contribution >= 0.6 is 0 Å².